The van der Waals surface area contributed by atoms with Crippen molar-refractivity contribution >= 4 is 10.8 Å². The Hall–Kier alpha value is -2.06. The normalized spacial score (nSPS) is 12.7. The second-order valence-electron chi connectivity index (χ2n) is 5.46. The second kappa shape index (κ2) is 6.15. The minimum absolute atomic E-state index is 0.115. The topological polar surface area (TPSA) is 25.2 Å². The van der Waals surface area contributed by atoms with E-state index in [9.17, 15) is 0 Å². The van der Waals surface area contributed by atoms with Gasteiger partial charge in [-0.15, -0.1) is 0 Å². The summed E-state index contributed by atoms with van der Waals surface area (Å²) in [6, 6.07) is 17.2. The van der Waals surface area contributed by atoms with Gasteiger partial charge in [-0.2, -0.15) is 0 Å². The van der Waals surface area contributed by atoms with Crippen LogP contribution in [-0.2, 0) is 0 Å². The van der Waals surface area contributed by atoms with Gasteiger partial charge in [0.1, 0.15) is 5.76 Å². The zero-order chi connectivity index (χ0) is 14.7. The van der Waals surface area contributed by atoms with Gasteiger partial charge in [-0.05, 0) is 53.9 Å². The zero-order valence-electron chi connectivity index (χ0n) is 12.6. The number of benzene rings is 2. The molecule has 21 heavy (non-hydrogen) atoms. The van der Waals surface area contributed by atoms with Crippen LogP contribution in [0.25, 0.3) is 10.8 Å². The predicted octanol–water partition coefficient (Wildman–Crippen LogP) is 4.83. The summed E-state index contributed by atoms with van der Waals surface area (Å²) >= 11 is 0. The lowest BCUT2D eigenvalue weighted by atomic mass is 9.98. The maximum atomic E-state index is 5.73. The van der Waals surface area contributed by atoms with Gasteiger partial charge in [0.05, 0.1) is 12.3 Å². The van der Waals surface area contributed by atoms with E-state index in [4.69, 9.17) is 4.42 Å². The molecule has 3 aromatic rings. The number of fused-ring (bicyclic) bond motifs is 1. The van der Waals surface area contributed by atoms with E-state index in [-0.39, 0.29) is 6.04 Å². The molecule has 2 nitrogen and oxygen atoms in total. The third kappa shape index (κ3) is 2.86. The summed E-state index contributed by atoms with van der Waals surface area (Å²) in [7, 11) is 0. The van der Waals surface area contributed by atoms with Crippen molar-refractivity contribution in [3.63, 3.8) is 0 Å². The van der Waals surface area contributed by atoms with Crippen LogP contribution in [-0.4, -0.2) is 6.54 Å². The first-order valence-corrected chi connectivity index (χ1v) is 7.55. The van der Waals surface area contributed by atoms with Crippen LogP contribution in [0.15, 0.2) is 59.2 Å². The summed E-state index contributed by atoms with van der Waals surface area (Å²) in [5, 5.41) is 6.14. The Morgan fingerprint density at radius 2 is 1.86 bits per heavy atom. The second-order valence-corrected chi connectivity index (χ2v) is 5.46. The Kier molecular flexibility index (Phi) is 4.07. The number of hydrogen-bond donors (Lipinski definition) is 1. The molecule has 0 spiro atoms. The van der Waals surface area contributed by atoms with E-state index < -0.39 is 0 Å². The Bertz CT molecular complexity index is 729. The van der Waals surface area contributed by atoms with E-state index in [1.807, 2.05) is 6.07 Å². The molecule has 0 aliphatic heterocycles. The van der Waals surface area contributed by atoms with E-state index in [0.29, 0.717) is 0 Å². The Morgan fingerprint density at radius 1 is 1.05 bits per heavy atom. The van der Waals surface area contributed by atoms with Gasteiger partial charge in [0.15, 0.2) is 0 Å². The lowest BCUT2D eigenvalue weighted by Gasteiger charge is -2.18. The van der Waals surface area contributed by atoms with E-state index >= 15 is 0 Å². The number of rotatable bonds is 5. The molecule has 0 bridgehead atoms. The van der Waals surface area contributed by atoms with Gasteiger partial charge in [-0.1, -0.05) is 43.3 Å². The SMILES string of the molecule is CCCNC(c1ccc2ccccc2c1)c1occc1C. The fourth-order valence-corrected chi connectivity index (χ4v) is 2.72. The van der Waals surface area contributed by atoms with Gasteiger partial charge in [-0.25, -0.2) is 0 Å². The predicted molar refractivity (Wildman–Crippen MR) is 87.5 cm³/mol. The van der Waals surface area contributed by atoms with E-state index in [1.54, 1.807) is 6.26 Å². The minimum Gasteiger partial charge on any atom is -0.467 e. The first-order valence-electron chi connectivity index (χ1n) is 7.55. The molecule has 2 heteroatoms. The molecule has 0 aliphatic rings. The van der Waals surface area contributed by atoms with Crippen molar-refractivity contribution in [3.05, 3.63) is 71.7 Å². The van der Waals surface area contributed by atoms with Crippen molar-refractivity contribution in [3.8, 4) is 0 Å². The first kappa shape index (κ1) is 13.9. The van der Waals surface area contributed by atoms with Crippen molar-refractivity contribution in [2.75, 3.05) is 6.54 Å². The van der Waals surface area contributed by atoms with Gasteiger partial charge < -0.3 is 9.73 Å². The molecule has 0 amide bonds. The summed E-state index contributed by atoms with van der Waals surface area (Å²) in [4.78, 5) is 0. The van der Waals surface area contributed by atoms with Crippen LogP contribution in [0.2, 0.25) is 0 Å². The fraction of sp³-hybridized carbons (Fsp3) is 0.263. The average Bonchev–Trinajstić information content (AvgIpc) is 2.94. The van der Waals surface area contributed by atoms with Gasteiger partial charge in [0, 0.05) is 0 Å². The van der Waals surface area contributed by atoms with Crippen molar-refractivity contribution in [2.45, 2.75) is 26.3 Å². The fourth-order valence-electron chi connectivity index (χ4n) is 2.72. The Labute approximate surface area is 125 Å². The molecule has 1 N–H and O–H groups in total. The zero-order valence-corrected chi connectivity index (χ0v) is 12.6. The molecular weight excluding hydrogens is 258 g/mol. The number of nitrogens with one attached hydrogen (secondary N) is 1. The van der Waals surface area contributed by atoms with Crippen LogP contribution in [0, 0.1) is 6.92 Å². The highest BCUT2D eigenvalue weighted by atomic mass is 16.3. The molecule has 1 atom stereocenters. The summed E-state index contributed by atoms with van der Waals surface area (Å²) in [6.07, 6.45) is 2.87. The lowest BCUT2D eigenvalue weighted by Crippen LogP contribution is -2.23. The van der Waals surface area contributed by atoms with Crippen LogP contribution in [0.1, 0.15) is 36.3 Å². The first-order chi connectivity index (χ1) is 10.3. The van der Waals surface area contributed by atoms with Crippen LogP contribution >= 0.6 is 0 Å². The third-order valence-corrected chi connectivity index (χ3v) is 3.87. The molecular formula is C19H21NO. The summed E-state index contributed by atoms with van der Waals surface area (Å²) in [6.45, 7) is 5.25. The smallest absolute Gasteiger partial charge is 0.128 e. The molecule has 3 rings (SSSR count). The average molecular weight is 279 g/mol. The Balaban J connectivity index is 2.03. The van der Waals surface area contributed by atoms with Crippen LogP contribution in [0.5, 0.6) is 0 Å². The minimum atomic E-state index is 0.115. The molecule has 2 aromatic carbocycles. The summed E-state index contributed by atoms with van der Waals surface area (Å²) in [5.74, 6) is 1.01. The quantitative estimate of drug-likeness (QED) is 0.723. The van der Waals surface area contributed by atoms with Gasteiger partial charge in [0.25, 0.3) is 0 Å². The number of aryl methyl sites for hydroxylation is 1. The molecule has 0 aliphatic carbocycles. The van der Waals surface area contributed by atoms with Crippen molar-refractivity contribution in [1.29, 1.82) is 0 Å². The highest BCUT2D eigenvalue weighted by molar-refractivity contribution is 5.83. The monoisotopic (exact) mass is 279 g/mol. The van der Waals surface area contributed by atoms with Gasteiger partial charge in [-0.3, -0.25) is 0 Å². The van der Waals surface area contributed by atoms with Crippen LogP contribution in [0.4, 0.5) is 0 Å². The molecule has 0 saturated carbocycles. The number of hydrogen-bond acceptors (Lipinski definition) is 2. The molecule has 0 saturated heterocycles. The van der Waals surface area contributed by atoms with Crippen LogP contribution in [0.3, 0.4) is 0 Å². The van der Waals surface area contributed by atoms with Gasteiger partial charge in [0.2, 0.25) is 0 Å². The molecule has 1 aromatic heterocycles. The lowest BCUT2D eigenvalue weighted by molar-refractivity contribution is 0.444. The van der Waals surface area contributed by atoms with E-state index in [2.05, 4.69) is 61.6 Å². The Morgan fingerprint density at radius 3 is 2.57 bits per heavy atom. The number of furan rings is 1. The maximum absolute atomic E-state index is 5.73. The van der Waals surface area contributed by atoms with E-state index in [1.165, 1.54) is 21.9 Å². The van der Waals surface area contributed by atoms with Crippen molar-refractivity contribution in [1.82, 2.24) is 5.32 Å². The van der Waals surface area contributed by atoms with Crippen molar-refractivity contribution < 1.29 is 4.42 Å². The molecule has 0 fully saturated rings. The third-order valence-electron chi connectivity index (χ3n) is 3.87. The molecule has 0 radical (unpaired) electrons. The molecule has 108 valence electrons. The van der Waals surface area contributed by atoms with Crippen LogP contribution < -0.4 is 5.32 Å². The maximum Gasteiger partial charge on any atom is 0.128 e. The highest BCUT2D eigenvalue weighted by Crippen LogP contribution is 2.28. The van der Waals surface area contributed by atoms with Gasteiger partial charge >= 0.3 is 0 Å². The summed E-state index contributed by atoms with van der Waals surface area (Å²) in [5.41, 5.74) is 2.44. The van der Waals surface area contributed by atoms with Crippen molar-refractivity contribution in [2.24, 2.45) is 0 Å². The standard InChI is InChI=1S/C19H21NO/c1-3-11-20-18(19-14(2)10-12-21-19)17-9-8-15-6-4-5-7-16(15)13-17/h4-10,12-13,18,20H,3,11H2,1-2H3. The molecule has 1 heterocycles. The summed E-state index contributed by atoms with van der Waals surface area (Å²) < 4.78 is 5.73. The highest BCUT2D eigenvalue weighted by Gasteiger charge is 2.18. The largest absolute Gasteiger partial charge is 0.467 e. The van der Waals surface area contributed by atoms with E-state index in [0.717, 1.165) is 18.7 Å². The molecule has 1 unspecified atom stereocenters.